The van der Waals surface area contributed by atoms with Crippen molar-refractivity contribution in [2.75, 3.05) is 24.0 Å². The fraction of sp³-hybridized carbons (Fsp3) is 0.519. The van der Waals surface area contributed by atoms with Crippen molar-refractivity contribution >= 4 is 29.6 Å². The fourth-order valence-electron chi connectivity index (χ4n) is 4.87. The smallest absolute Gasteiger partial charge is 0.321 e. The van der Waals surface area contributed by atoms with E-state index >= 15 is 0 Å². The maximum absolute atomic E-state index is 14.3. The molecule has 0 saturated carbocycles. The largest absolute Gasteiger partial charge is 0.392 e. The molecule has 0 aliphatic carbocycles. The van der Waals surface area contributed by atoms with Gasteiger partial charge in [-0.1, -0.05) is 48.5 Å². The number of amides is 2. The van der Waals surface area contributed by atoms with Gasteiger partial charge in [-0.3, -0.25) is 0 Å². The zero-order valence-corrected chi connectivity index (χ0v) is 22.6. The Morgan fingerprint density at radius 1 is 0.694 bits per heavy atom. The van der Waals surface area contributed by atoms with Crippen LogP contribution in [-0.2, 0) is 26.3 Å². The molecule has 9 heteroatoms. The van der Waals surface area contributed by atoms with E-state index in [1.807, 2.05) is 61.0 Å². The molecular weight excluding hydrogens is 496 g/mol. The monoisotopic (exact) mass is 534 g/mol. The van der Waals surface area contributed by atoms with Crippen LogP contribution in [0.4, 0.5) is 4.79 Å². The Morgan fingerprint density at radius 2 is 1.06 bits per heavy atom. The second kappa shape index (κ2) is 14.3. The first-order valence-corrected chi connectivity index (χ1v) is 15.0. The first kappa shape index (κ1) is 28.8. The zero-order valence-electron chi connectivity index (χ0n) is 21.0. The minimum absolute atomic E-state index is 0.150. The molecule has 0 spiro atoms. The number of benzene rings is 2. The highest BCUT2D eigenvalue weighted by Crippen LogP contribution is 2.31. The highest BCUT2D eigenvalue weighted by Gasteiger charge is 2.46. The number of nitrogens with zero attached hydrogens (tertiary/aromatic N) is 2. The van der Waals surface area contributed by atoms with Crippen LogP contribution in [0.5, 0.6) is 0 Å². The van der Waals surface area contributed by atoms with E-state index in [4.69, 9.17) is 0 Å². The summed E-state index contributed by atoms with van der Waals surface area (Å²) < 4.78 is 0. The minimum atomic E-state index is -1.12. The van der Waals surface area contributed by atoms with E-state index < -0.39 is 24.3 Å². The third-order valence-electron chi connectivity index (χ3n) is 6.92. The Morgan fingerprint density at radius 3 is 1.39 bits per heavy atom. The van der Waals surface area contributed by atoms with E-state index in [9.17, 15) is 25.2 Å². The summed E-state index contributed by atoms with van der Waals surface area (Å²) in [6, 6.07) is 13.4. The molecule has 1 aliphatic rings. The summed E-state index contributed by atoms with van der Waals surface area (Å²) >= 11 is 3.26. The molecular formula is C27H38N2O5S2. The van der Waals surface area contributed by atoms with Gasteiger partial charge >= 0.3 is 6.03 Å². The molecule has 4 unspecified atom stereocenters. The number of carbonyl (C=O) groups is 1. The average Bonchev–Trinajstić information content (AvgIpc) is 2.97. The van der Waals surface area contributed by atoms with Gasteiger partial charge in [-0.05, 0) is 59.1 Å². The summed E-state index contributed by atoms with van der Waals surface area (Å²) in [6.07, 6.45) is 2.78. The third-order valence-corrected chi connectivity index (χ3v) is 8.21. The maximum Gasteiger partial charge on any atom is 0.321 e. The number of aliphatic hydroxyl groups is 4. The summed E-state index contributed by atoms with van der Waals surface area (Å²) in [5.41, 5.74) is 3.07. The van der Waals surface area contributed by atoms with Gasteiger partial charge in [0.25, 0.3) is 0 Å². The Bertz CT molecular complexity index is 903. The van der Waals surface area contributed by atoms with Gasteiger partial charge in [-0.15, -0.1) is 0 Å². The van der Waals surface area contributed by atoms with Crippen LogP contribution in [0, 0.1) is 0 Å². The Hall–Kier alpha value is -1.75. The molecule has 1 saturated heterocycles. The van der Waals surface area contributed by atoms with Gasteiger partial charge in [0, 0.05) is 13.1 Å². The minimum Gasteiger partial charge on any atom is -0.392 e. The van der Waals surface area contributed by atoms with Gasteiger partial charge in [0.2, 0.25) is 0 Å². The fourth-order valence-corrected chi connectivity index (χ4v) is 5.83. The van der Waals surface area contributed by atoms with Crippen molar-refractivity contribution < 1.29 is 25.2 Å². The number of hydrogen-bond donors (Lipinski definition) is 4. The van der Waals surface area contributed by atoms with Gasteiger partial charge in [0.05, 0.1) is 25.3 Å². The summed E-state index contributed by atoms with van der Waals surface area (Å²) in [5, 5.41) is 42.6. The second-order valence-corrected chi connectivity index (χ2v) is 11.0. The van der Waals surface area contributed by atoms with Gasteiger partial charge < -0.3 is 30.2 Å². The standard InChI is InChI=1S/C27H38N2O5S2/c1-35-13-11-23-25(32)26(33)24(12-14-36-2)29(16-20-8-4-6-10-22(20)18-31)27(34)28(23)15-19-7-3-5-9-21(19)17-30/h3-10,23-26,30-33H,11-18H2,1-2H3. The van der Waals surface area contributed by atoms with Gasteiger partial charge in [0.15, 0.2) is 0 Å². The van der Waals surface area contributed by atoms with Crippen LogP contribution in [0.1, 0.15) is 35.1 Å². The van der Waals surface area contributed by atoms with Crippen LogP contribution in [0.2, 0.25) is 0 Å². The molecule has 0 aromatic heterocycles. The first-order valence-electron chi connectivity index (χ1n) is 12.2. The molecule has 4 atom stereocenters. The predicted octanol–water partition coefficient (Wildman–Crippen LogP) is 3.07. The van der Waals surface area contributed by atoms with Gasteiger partial charge in [0.1, 0.15) is 12.2 Å². The van der Waals surface area contributed by atoms with Crippen LogP contribution in [0.15, 0.2) is 48.5 Å². The van der Waals surface area contributed by atoms with E-state index in [2.05, 4.69) is 0 Å². The third kappa shape index (κ3) is 6.76. The van der Waals surface area contributed by atoms with Crippen LogP contribution in [-0.4, -0.2) is 84.6 Å². The lowest BCUT2D eigenvalue weighted by atomic mass is 9.95. The van der Waals surface area contributed by atoms with Crippen molar-refractivity contribution in [3.63, 3.8) is 0 Å². The molecule has 36 heavy (non-hydrogen) atoms. The molecule has 0 bridgehead atoms. The number of urea groups is 1. The van der Waals surface area contributed by atoms with E-state index in [1.165, 1.54) is 0 Å². The maximum atomic E-state index is 14.3. The number of rotatable bonds is 12. The molecule has 198 valence electrons. The summed E-state index contributed by atoms with van der Waals surface area (Å²) in [6.45, 7) is 0.128. The molecule has 7 nitrogen and oxygen atoms in total. The molecule has 0 radical (unpaired) electrons. The summed E-state index contributed by atoms with van der Waals surface area (Å²) in [4.78, 5) is 17.6. The van der Waals surface area contributed by atoms with Crippen molar-refractivity contribution in [1.29, 1.82) is 0 Å². The van der Waals surface area contributed by atoms with Crippen LogP contribution < -0.4 is 0 Å². The molecule has 1 heterocycles. The van der Waals surface area contributed by atoms with Crippen molar-refractivity contribution in [1.82, 2.24) is 9.80 Å². The van der Waals surface area contributed by atoms with Crippen molar-refractivity contribution in [3.8, 4) is 0 Å². The van der Waals surface area contributed by atoms with Crippen molar-refractivity contribution in [2.24, 2.45) is 0 Å². The summed E-state index contributed by atoms with van der Waals surface area (Å²) in [5.74, 6) is 1.45. The molecule has 1 aliphatic heterocycles. The number of thioether (sulfide) groups is 2. The Labute approximate surface area is 222 Å². The number of carbonyl (C=O) groups excluding carboxylic acids is 1. The van der Waals surface area contributed by atoms with Crippen molar-refractivity contribution in [3.05, 3.63) is 70.8 Å². The predicted molar refractivity (Wildman–Crippen MR) is 147 cm³/mol. The van der Waals surface area contributed by atoms with Gasteiger partial charge in [-0.25, -0.2) is 4.79 Å². The lowest BCUT2D eigenvalue weighted by molar-refractivity contribution is -0.0420. The summed E-state index contributed by atoms with van der Waals surface area (Å²) in [7, 11) is 0. The first-order chi connectivity index (χ1) is 17.5. The lowest BCUT2D eigenvalue weighted by Gasteiger charge is -2.36. The molecule has 1 fully saturated rings. The average molecular weight is 535 g/mol. The van der Waals surface area contributed by atoms with Gasteiger partial charge in [-0.2, -0.15) is 23.5 Å². The van der Waals surface area contributed by atoms with Crippen LogP contribution in [0.25, 0.3) is 0 Å². The lowest BCUT2D eigenvalue weighted by Crippen LogP contribution is -2.49. The normalized spacial score (nSPS) is 22.7. The number of hydrogen-bond acceptors (Lipinski definition) is 7. The molecule has 2 aromatic rings. The highest BCUT2D eigenvalue weighted by molar-refractivity contribution is 7.98. The van der Waals surface area contributed by atoms with Crippen LogP contribution >= 0.6 is 23.5 Å². The van der Waals surface area contributed by atoms with E-state index in [0.717, 1.165) is 33.8 Å². The highest BCUT2D eigenvalue weighted by atomic mass is 32.2. The van der Waals surface area contributed by atoms with Crippen molar-refractivity contribution in [2.45, 2.75) is 63.4 Å². The topological polar surface area (TPSA) is 104 Å². The van der Waals surface area contributed by atoms with Crippen LogP contribution in [0.3, 0.4) is 0 Å². The SMILES string of the molecule is CSCCC1C(O)C(O)C(CCSC)N(Cc2ccccc2CO)C(=O)N1Cc1ccccc1CO. The molecule has 3 rings (SSSR count). The molecule has 4 N–H and O–H groups in total. The number of aliphatic hydroxyl groups excluding tert-OH is 4. The second-order valence-electron chi connectivity index (χ2n) is 9.07. The quantitative estimate of drug-likeness (QED) is 0.332. The van der Waals surface area contributed by atoms with E-state index in [1.54, 1.807) is 33.3 Å². The van der Waals surface area contributed by atoms with E-state index in [-0.39, 0.29) is 32.3 Å². The molecule has 2 amide bonds. The Kier molecular flexibility index (Phi) is 11.4. The van der Waals surface area contributed by atoms with E-state index in [0.29, 0.717) is 12.8 Å². The zero-order chi connectivity index (χ0) is 26.1. The molecule has 2 aromatic carbocycles. The Balaban J connectivity index is 2.08.